The number of amides is 1. The molecule has 1 unspecified atom stereocenters. The molecular weight excluding hydrogens is 282 g/mol. The minimum atomic E-state index is -0.366. The predicted molar refractivity (Wildman–Crippen MR) is 97.0 cm³/mol. The Kier molecular flexibility index (Phi) is 5.59. The molecule has 1 amide bonds. The van der Waals surface area contributed by atoms with Crippen LogP contribution in [0.2, 0.25) is 0 Å². The summed E-state index contributed by atoms with van der Waals surface area (Å²) in [5.41, 5.74) is 11.5. The normalized spacial score (nSPS) is 12.4. The monoisotopic (exact) mass is 309 g/mol. The molecule has 1 atom stereocenters. The van der Waals surface area contributed by atoms with Crippen molar-refractivity contribution in [2.45, 2.75) is 52.4 Å². The largest absolute Gasteiger partial charge is 0.366 e. The van der Waals surface area contributed by atoms with E-state index in [0.29, 0.717) is 17.4 Å². The molecule has 0 bridgehead atoms. The number of hydrogen-bond acceptors (Lipinski definition) is 1. The van der Waals surface area contributed by atoms with Crippen molar-refractivity contribution in [3.63, 3.8) is 0 Å². The van der Waals surface area contributed by atoms with Gasteiger partial charge >= 0.3 is 0 Å². The quantitative estimate of drug-likeness (QED) is 0.817. The van der Waals surface area contributed by atoms with Crippen LogP contribution >= 0.6 is 0 Å². The Labute approximate surface area is 139 Å². The summed E-state index contributed by atoms with van der Waals surface area (Å²) in [7, 11) is 0. The van der Waals surface area contributed by atoms with Crippen molar-refractivity contribution in [3.8, 4) is 0 Å². The molecule has 2 nitrogen and oxygen atoms in total. The summed E-state index contributed by atoms with van der Waals surface area (Å²) in [4.78, 5) is 11.4. The average molecular weight is 309 g/mol. The molecule has 122 valence electrons. The minimum Gasteiger partial charge on any atom is -0.366 e. The van der Waals surface area contributed by atoms with Crippen molar-refractivity contribution in [2.75, 3.05) is 0 Å². The maximum Gasteiger partial charge on any atom is 0.248 e. The third-order valence-electron chi connectivity index (χ3n) is 4.51. The fourth-order valence-corrected chi connectivity index (χ4v) is 3.34. The fourth-order valence-electron chi connectivity index (χ4n) is 3.34. The molecule has 0 saturated heterocycles. The first-order valence-electron chi connectivity index (χ1n) is 8.44. The molecule has 2 aromatic rings. The number of carbonyl (C=O) groups excluding carboxylic acids is 1. The summed E-state index contributed by atoms with van der Waals surface area (Å²) in [6.07, 6.45) is 2.04. The summed E-state index contributed by atoms with van der Waals surface area (Å²) in [5, 5.41) is 0. The van der Waals surface area contributed by atoms with Crippen LogP contribution in [0.3, 0.4) is 0 Å². The van der Waals surface area contributed by atoms with Crippen LogP contribution in [-0.4, -0.2) is 5.91 Å². The maximum atomic E-state index is 11.4. The zero-order valence-corrected chi connectivity index (χ0v) is 14.6. The molecule has 23 heavy (non-hydrogen) atoms. The highest BCUT2D eigenvalue weighted by molar-refractivity contribution is 5.92. The van der Waals surface area contributed by atoms with Crippen LogP contribution in [0, 0.1) is 0 Å². The van der Waals surface area contributed by atoms with E-state index in [2.05, 4.69) is 52.0 Å². The van der Waals surface area contributed by atoms with E-state index in [1.807, 2.05) is 12.1 Å². The molecule has 0 aliphatic carbocycles. The van der Waals surface area contributed by atoms with Crippen LogP contribution in [0.15, 0.2) is 42.5 Å². The summed E-state index contributed by atoms with van der Waals surface area (Å²) < 4.78 is 0. The lowest BCUT2D eigenvalue weighted by molar-refractivity contribution is 0.1000. The summed E-state index contributed by atoms with van der Waals surface area (Å²) in [6, 6.07) is 14.3. The second-order valence-corrected chi connectivity index (χ2v) is 6.59. The van der Waals surface area contributed by atoms with Crippen LogP contribution in [0.4, 0.5) is 0 Å². The second kappa shape index (κ2) is 7.45. The number of primary amides is 1. The van der Waals surface area contributed by atoms with Gasteiger partial charge in [-0.3, -0.25) is 4.79 Å². The topological polar surface area (TPSA) is 43.1 Å². The Morgan fingerprint density at radius 2 is 1.70 bits per heavy atom. The molecule has 0 heterocycles. The lowest BCUT2D eigenvalue weighted by atomic mass is 9.85. The minimum absolute atomic E-state index is 0.346. The highest BCUT2D eigenvalue weighted by Gasteiger charge is 2.15. The fraction of sp³-hybridized carbons (Fsp3) is 0.381. The second-order valence-electron chi connectivity index (χ2n) is 6.59. The van der Waals surface area contributed by atoms with Gasteiger partial charge in [-0.2, -0.15) is 0 Å². The van der Waals surface area contributed by atoms with Gasteiger partial charge in [-0.05, 0) is 59.1 Å². The Balaban J connectivity index is 2.32. The van der Waals surface area contributed by atoms with Crippen molar-refractivity contribution in [3.05, 3.63) is 70.3 Å². The van der Waals surface area contributed by atoms with E-state index in [0.717, 1.165) is 18.4 Å². The molecule has 2 aromatic carbocycles. The zero-order valence-electron chi connectivity index (χ0n) is 14.6. The van der Waals surface area contributed by atoms with E-state index in [1.54, 1.807) is 6.07 Å². The average Bonchev–Trinajstić information content (AvgIpc) is 2.54. The number of hydrogen-bond donors (Lipinski definition) is 1. The first-order valence-corrected chi connectivity index (χ1v) is 8.44. The molecule has 0 spiro atoms. The number of aryl methyl sites for hydroxylation is 1. The molecule has 0 fully saturated rings. The molecule has 0 aromatic heterocycles. The highest BCUT2D eigenvalue weighted by Crippen LogP contribution is 2.29. The van der Waals surface area contributed by atoms with Gasteiger partial charge < -0.3 is 5.73 Å². The number of nitrogens with two attached hydrogens (primary N) is 1. The van der Waals surface area contributed by atoms with Gasteiger partial charge in [0, 0.05) is 5.56 Å². The van der Waals surface area contributed by atoms with Crippen molar-refractivity contribution in [1.29, 1.82) is 0 Å². The van der Waals surface area contributed by atoms with Crippen molar-refractivity contribution < 1.29 is 4.79 Å². The standard InChI is InChI=1S/C21H27NO/c1-5-16-8-6-10-18(20(16)14(2)3)12-15(4)17-9-7-11-19(13-17)21(22)23/h6-11,13-15H,5,12H2,1-4H3,(H2,22,23). The summed E-state index contributed by atoms with van der Waals surface area (Å²) in [5.74, 6) is 0.499. The van der Waals surface area contributed by atoms with Gasteiger partial charge in [-0.15, -0.1) is 0 Å². The number of benzene rings is 2. The van der Waals surface area contributed by atoms with E-state index in [-0.39, 0.29) is 5.91 Å². The SMILES string of the molecule is CCc1cccc(CC(C)c2cccc(C(N)=O)c2)c1C(C)C. The molecule has 0 radical (unpaired) electrons. The Bertz CT molecular complexity index is 688. The smallest absolute Gasteiger partial charge is 0.248 e. The van der Waals surface area contributed by atoms with Gasteiger partial charge in [0.05, 0.1) is 0 Å². The van der Waals surface area contributed by atoms with Crippen LogP contribution in [-0.2, 0) is 12.8 Å². The maximum absolute atomic E-state index is 11.4. The lowest BCUT2D eigenvalue weighted by Gasteiger charge is -2.20. The van der Waals surface area contributed by atoms with Crippen molar-refractivity contribution >= 4 is 5.91 Å². The number of carbonyl (C=O) groups is 1. The third kappa shape index (κ3) is 4.01. The van der Waals surface area contributed by atoms with Gasteiger partial charge in [-0.25, -0.2) is 0 Å². The first-order chi connectivity index (χ1) is 10.9. The molecule has 0 aliphatic rings. The summed E-state index contributed by atoms with van der Waals surface area (Å²) in [6.45, 7) is 8.94. The van der Waals surface area contributed by atoms with Crippen LogP contribution < -0.4 is 5.73 Å². The molecule has 0 aliphatic heterocycles. The molecule has 2 rings (SSSR count). The summed E-state index contributed by atoms with van der Waals surface area (Å²) >= 11 is 0. The Hall–Kier alpha value is -2.09. The van der Waals surface area contributed by atoms with E-state index in [1.165, 1.54) is 16.7 Å². The van der Waals surface area contributed by atoms with E-state index >= 15 is 0 Å². The molecule has 2 heteroatoms. The van der Waals surface area contributed by atoms with Crippen LogP contribution in [0.25, 0.3) is 0 Å². The predicted octanol–water partition coefficient (Wildman–Crippen LogP) is 4.82. The third-order valence-corrected chi connectivity index (χ3v) is 4.51. The van der Waals surface area contributed by atoms with Crippen LogP contribution in [0.1, 0.15) is 72.1 Å². The van der Waals surface area contributed by atoms with Crippen molar-refractivity contribution in [2.24, 2.45) is 5.73 Å². The molecular formula is C21H27NO. The lowest BCUT2D eigenvalue weighted by Crippen LogP contribution is -2.12. The number of rotatable bonds is 6. The Morgan fingerprint density at radius 1 is 1.04 bits per heavy atom. The van der Waals surface area contributed by atoms with Gasteiger partial charge in [0.2, 0.25) is 5.91 Å². The molecule has 0 saturated carbocycles. The van der Waals surface area contributed by atoms with E-state index in [9.17, 15) is 4.79 Å². The highest BCUT2D eigenvalue weighted by atomic mass is 16.1. The molecule has 2 N–H and O–H groups in total. The zero-order chi connectivity index (χ0) is 17.0. The van der Waals surface area contributed by atoms with E-state index < -0.39 is 0 Å². The van der Waals surface area contributed by atoms with E-state index in [4.69, 9.17) is 5.73 Å². The van der Waals surface area contributed by atoms with Crippen molar-refractivity contribution in [1.82, 2.24) is 0 Å². The first kappa shape index (κ1) is 17.3. The van der Waals surface area contributed by atoms with Gasteiger partial charge in [0.25, 0.3) is 0 Å². The van der Waals surface area contributed by atoms with Crippen LogP contribution in [0.5, 0.6) is 0 Å². The van der Waals surface area contributed by atoms with Gasteiger partial charge in [-0.1, -0.05) is 58.0 Å². The van der Waals surface area contributed by atoms with Gasteiger partial charge in [0.15, 0.2) is 0 Å². The van der Waals surface area contributed by atoms with Gasteiger partial charge in [0.1, 0.15) is 0 Å². The Morgan fingerprint density at radius 3 is 2.30 bits per heavy atom.